The zero-order valence-electron chi connectivity index (χ0n) is 13.7. The maximum Gasteiger partial charge on any atom is 0.317 e. The van der Waals surface area contributed by atoms with Crippen LogP contribution in [0.4, 0.5) is 4.79 Å². The van der Waals surface area contributed by atoms with E-state index in [9.17, 15) is 14.7 Å². The summed E-state index contributed by atoms with van der Waals surface area (Å²) in [5, 5.41) is 12.2. The van der Waals surface area contributed by atoms with Crippen LogP contribution in [0.25, 0.3) is 0 Å². The number of nitrogens with one attached hydrogen (secondary N) is 1. The highest BCUT2D eigenvalue weighted by atomic mass is 16.5. The van der Waals surface area contributed by atoms with Gasteiger partial charge in [-0.1, -0.05) is 19.3 Å². The molecule has 3 rings (SSSR count). The number of carboxylic acids is 1. The molecule has 2 amide bonds. The molecule has 2 atom stereocenters. The lowest BCUT2D eigenvalue weighted by atomic mass is 9.82. The van der Waals surface area contributed by atoms with Crippen LogP contribution in [0.15, 0.2) is 0 Å². The molecule has 0 aromatic rings. The Labute approximate surface area is 137 Å². The highest BCUT2D eigenvalue weighted by molar-refractivity contribution is 5.76. The van der Waals surface area contributed by atoms with E-state index in [1.807, 2.05) is 4.90 Å². The van der Waals surface area contributed by atoms with Crippen molar-refractivity contribution in [3.63, 3.8) is 0 Å². The number of aliphatic carboxylic acids is 1. The molecule has 0 aromatic carbocycles. The smallest absolute Gasteiger partial charge is 0.317 e. The van der Waals surface area contributed by atoms with Gasteiger partial charge in [-0.2, -0.15) is 0 Å². The molecule has 2 N–H and O–H groups in total. The fourth-order valence-electron chi connectivity index (χ4n) is 3.92. The van der Waals surface area contributed by atoms with E-state index in [2.05, 4.69) is 5.32 Å². The molecule has 1 unspecified atom stereocenters. The first-order valence-corrected chi connectivity index (χ1v) is 9.02. The lowest BCUT2D eigenvalue weighted by Gasteiger charge is -2.36. The number of amides is 2. The predicted molar refractivity (Wildman–Crippen MR) is 85.2 cm³/mol. The largest absolute Gasteiger partial charge is 0.481 e. The molecule has 23 heavy (non-hydrogen) atoms. The maximum absolute atomic E-state index is 12.6. The van der Waals surface area contributed by atoms with Crippen LogP contribution in [0.2, 0.25) is 0 Å². The van der Waals surface area contributed by atoms with Gasteiger partial charge in [-0.05, 0) is 37.5 Å². The number of carboxylic acid groups (broad SMARTS) is 1. The SMILES string of the molecule is O=C(O)C[C@H](NC(=O)N1CCOC(C2CC2)C1)C1CCCCC1. The van der Waals surface area contributed by atoms with Crippen molar-refractivity contribution in [2.24, 2.45) is 11.8 Å². The van der Waals surface area contributed by atoms with Crippen molar-refractivity contribution in [1.29, 1.82) is 0 Å². The van der Waals surface area contributed by atoms with Crippen LogP contribution < -0.4 is 5.32 Å². The molecule has 1 heterocycles. The number of carbonyl (C=O) groups is 2. The fraction of sp³-hybridized carbons (Fsp3) is 0.882. The van der Waals surface area contributed by atoms with Crippen molar-refractivity contribution in [3.8, 4) is 0 Å². The van der Waals surface area contributed by atoms with Gasteiger partial charge in [0.2, 0.25) is 0 Å². The van der Waals surface area contributed by atoms with Gasteiger partial charge in [-0.3, -0.25) is 4.79 Å². The van der Waals surface area contributed by atoms with Crippen molar-refractivity contribution in [1.82, 2.24) is 10.2 Å². The van der Waals surface area contributed by atoms with Crippen LogP contribution in [-0.4, -0.2) is 53.8 Å². The van der Waals surface area contributed by atoms with Crippen LogP contribution in [0.5, 0.6) is 0 Å². The molecule has 6 heteroatoms. The minimum Gasteiger partial charge on any atom is -0.481 e. The van der Waals surface area contributed by atoms with Crippen LogP contribution in [0.3, 0.4) is 0 Å². The number of morpholine rings is 1. The summed E-state index contributed by atoms with van der Waals surface area (Å²) in [4.78, 5) is 25.6. The average molecular weight is 324 g/mol. The minimum atomic E-state index is -0.835. The Kier molecular flexibility index (Phi) is 5.41. The molecule has 2 aliphatic carbocycles. The monoisotopic (exact) mass is 324 g/mol. The van der Waals surface area contributed by atoms with Crippen molar-refractivity contribution in [2.45, 2.75) is 63.5 Å². The van der Waals surface area contributed by atoms with Gasteiger partial charge in [0.05, 0.1) is 19.1 Å². The second-order valence-electron chi connectivity index (χ2n) is 7.24. The van der Waals surface area contributed by atoms with Gasteiger partial charge in [0.1, 0.15) is 0 Å². The van der Waals surface area contributed by atoms with E-state index in [0.29, 0.717) is 31.5 Å². The number of urea groups is 1. The Bertz CT molecular complexity index is 432. The van der Waals surface area contributed by atoms with Gasteiger partial charge in [-0.15, -0.1) is 0 Å². The quantitative estimate of drug-likeness (QED) is 0.813. The van der Waals surface area contributed by atoms with E-state index < -0.39 is 5.97 Å². The molecule has 0 spiro atoms. The summed E-state index contributed by atoms with van der Waals surface area (Å²) < 4.78 is 5.75. The zero-order valence-corrected chi connectivity index (χ0v) is 13.7. The van der Waals surface area contributed by atoms with E-state index >= 15 is 0 Å². The third-order valence-electron chi connectivity index (χ3n) is 5.45. The lowest BCUT2D eigenvalue weighted by molar-refractivity contribution is -0.137. The molecule has 1 aliphatic heterocycles. The average Bonchev–Trinajstić information content (AvgIpc) is 3.40. The number of hydrogen-bond acceptors (Lipinski definition) is 3. The number of hydrogen-bond donors (Lipinski definition) is 2. The van der Waals surface area contributed by atoms with Crippen molar-refractivity contribution >= 4 is 12.0 Å². The first kappa shape index (κ1) is 16.6. The maximum atomic E-state index is 12.6. The highest BCUT2D eigenvalue weighted by Gasteiger charge is 2.37. The molecule has 3 fully saturated rings. The van der Waals surface area contributed by atoms with Gasteiger partial charge >= 0.3 is 12.0 Å². The Balaban J connectivity index is 1.56. The molecule has 1 saturated heterocycles. The summed E-state index contributed by atoms with van der Waals surface area (Å²) in [5.41, 5.74) is 0. The molecule has 6 nitrogen and oxygen atoms in total. The van der Waals surface area contributed by atoms with Crippen molar-refractivity contribution in [2.75, 3.05) is 19.7 Å². The third-order valence-corrected chi connectivity index (χ3v) is 5.45. The summed E-state index contributed by atoms with van der Waals surface area (Å²) >= 11 is 0. The molecule has 130 valence electrons. The molecule has 3 aliphatic rings. The first-order valence-electron chi connectivity index (χ1n) is 9.02. The lowest BCUT2D eigenvalue weighted by Crippen LogP contribution is -2.54. The van der Waals surface area contributed by atoms with Crippen LogP contribution in [0.1, 0.15) is 51.4 Å². The summed E-state index contributed by atoms with van der Waals surface area (Å²) in [7, 11) is 0. The zero-order chi connectivity index (χ0) is 16.2. The molecule has 0 bridgehead atoms. The Morgan fingerprint density at radius 2 is 1.91 bits per heavy atom. The van der Waals surface area contributed by atoms with E-state index in [0.717, 1.165) is 25.7 Å². The van der Waals surface area contributed by atoms with E-state index in [1.54, 1.807) is 0 Å². The molecular weight excluding hydrogens is 296 g/mol. The Hall–Kier alpha value is -1.30. The van der Waals surface area contributed by atoms with Gasteiger partial charge in [0, 0.05) is 19.1 Å². The van der Waals surface area contributed by atoms with E-state index in [-0.39, 0.29) is 24.6 Å². The Morgan fingerprint density at radius 1 is 1.17 bits per heavy atom. The van der Waals surface area contributed by atoms with E-state index in [1.165, 1.54) is 19.3 Å². The van der Waals surface area contributed by atoms with Gasteiger partial charge in [-0.25, -0.2) is 4.79 Å². The fourth-order valence-corrected chi connectivity index (χ4v) is 3.92. The Morgan fingerprint density at radius 3 is 2.57 bits per heavy atom. The van der Waals surface area contributed by atoms with Gasteiger partial charge in [0.15, 0.2) is 0 Å². The van der Waals surface area contributed by atoms with Crippen LogP contribution in [0, 0.1) is 11.8 Å². The second kappa shape index (κ2) is 7.51. The number of rotatable bonds is 5. The third kappa shape index (κ3) is 4.59. The van der Waals surface area contributed by atoms with Gasteiger partial charge < -0.3 is 20.1 Å². The predicted octanol–water partition coefficient (Wildman–Crippen LogP) is 2.23. The van der Waals surface area contributed by atoms with Crippen LogP contribution in [-0.2, 0) is 9.53 Å². The minimum absolute atomic E-state index is 0.0206. The van der Waals surface area contributed by atoms with E-state index in [4.69, 9.17) is 4.74 Å². The van der Waals surface area contributed by atoms with Crippen molar-refractivity contribution < 1.29 is 19.4 Å². The van der Waals surface area contributed by atoms with Crippen LogP contribution >= 0.6 is 0 Å². The summed E-state index contributed by atoms with van der Waals surface area (Å²) in [5.74, 6) is 0.0709. The molecular formula is C17H28N2O4. The molecule has 0 aromatic heterocycles. The number of carbonyl (C=O) groups excluding carboxylic acids is 1. The summed E-state index contributed by atoms with van der Waals surface area (Å²) in [6, 6.07) is -0.363. The molecule has 2 saturated carbocycles. The summed E-state index contributed by atoms with van der Waals surface area (Å²) in [6.07, 6.45) is 8.12. The molecule has 0 radical (unpaired) electrons. The van der Waals surface area contributed by atoms with Crippen molar-refractivity contribution in [3.05, 3.63) is 0 Å². The topological polar surface area (TPSA) is 78.9 Å². The summed E-state index contributed by atoms with van der Waals surface area (Å²) in [6.45, 7) is 1.82. The first-order chi connectivity index (χ1) is 11.1. The number of nitrogens with zero attached hydrogens (tertiary/aromatic N) is 1. The standard InChI is InChI=1S/C17H28N2O4/c20-16(21)10-14(12-4-2-1-3-5-12)18-17(22)19-8-9-23-15(11-19)13-6-7-13/h12-15H,1-11H2,(H,18,22)(H,20,21)/t14-,15?/m0/s1. The second-order valence-corrected chi connectivity index (χ2v) is 7.24. The highest BCUT2D eigenvalue weighted by Crippen LogP contribution is 2.35. The van der Waals surface area contributed by atoms with Gasteiger partial charge in [0.25, 0.3) is 0 Å². The number of ether oxygens (including phenoxy) is 1. The normalized spacial score (nSPS) is 27.5.